The van der Waals surface area contributed by atoms with Gasteiger partial charge in [-0.1, -0.05) is 60.6 Å². The summed E-state index contributed by atoms with van der Waals surface area (Å²) in [6, 6.07) is 15.4. The molecule has 0 radical (unpaired) electrons. The standard InChI is InChI=1S/C21H22N2O2S/c1-14-8-10-17(11-9-14)20(24)13-26-21(25)15(2)12-23-16(3)22-18-6-4-5-7-19(18)23/h4-11,15H,12-13H2,1-3H3. The first kappa shape index (κ1) is 18.4. The summed E-state index contributed by atoms with van der Waals surface area (Å²) in [6.07, 6.45) is 0. The fraction of sp³-hybridized carbons (Fsp3) is 0.286. The van der Waals surface area contributed by atoms with Crippen molar-refractivity contribution >= 4 is 33.7 Å². The zero-order valence-electron chi connectivity index (χ0n) is 15.2. The number of aromatic nitrogens is 2. The van der Waals surface area contributed by atoms with Gasteiger partial charge in [0.2, 0.25) is 0 Å². The number of para-hydroxylation sites is 2. The number of imidazole rings is 1. The Morgan fingerprint density at radius 3 is 2.50 bits per heavy atom. The number of rotatable bonds is 6. The van der Waals surface area contributed by atoms with Gasteiger partial charge in [0.1, 0.15) is 5.82 Å². The lowest BCUT2D eigenvalue weighted by Crippen LogP contribution is -2.17. The molecular weight excluding hydrogens is 344 g/mol. The molecule has 0 spiro atoms. The monoisotopic (exact) mass is 366 g/mol. The lowest BCUT2D eigenvalue weighted by molar-refractivity contribution is -0.114. The van der Waals surface area contributed by atoms with Gasteiger partial charge in [-0.2, -0.15) is 0 Å². The Balaban J connectivity index is 1.61. The predicted octanol–water partition coefficient (Wildman–Crippen LogP) is 4.43. The van der Waals surface area contributed by atoms with E-state index in [1.807, 2.05) is 69.3 Å². The van der Waals surface area contributed by atoms with Gasteiger partial charge in [0.05, 0.1) is 16.8 Å². The quantitative estimate of drug-likeness (QED) is 0.606. The van der Waals surface area contributed by atoms with E-state index in [4.69, 9.17) is 0 Å². The zero-order valence-corrected chi connectivity index (χ0v) is 16.0. The maximum Gasteiger partial charge on any atom is 0.193 e. The number of hydrogen-bond acceptors (Lipinski definition) is 4. The maximum absolute atomic E-state index is 12.5. The number of hydrogen-bond donors (Lipinski definition) is 0. The van der Waals surface area contributed by atoms with Crippen LogP contribution in [-0.4, -0.2) is 26.2 Å². The number of aryl methyl sites for hydroxylation is 2. The molecule has 0 N–H and O–H groups in total. The smallest absolute Gasteiger partial charge is 0.193 e. The lowest BCUT2D eigenvalue weighted by atomic mass is 10.1. The number of nitrogens with zero attached hydrogens (tertiary/aromatic N) is 2. The molecule has 1 aromatic heterocycles. The third-order valence-electron chi connectivity index (χ3n) is 4.42. The van der Waals surface area contributed by atoms with Crippen LogP contribution in [0.4, 0.5) is 0 Å². The minimum atomic E-state index is -0.192. The highest BCUT2D eigenvalue weighted by Gasteiger charge is 2.18. The van der Waals surface area contributed by atoms with Crippen LogP contribution in [0.5, 0.6) is 0 Å². The van der Waals surface area contributed by atoms with Gasteiger partial charge in [-0.3, -0.25) is 9.59 Å². The number of ketones is 1. The number of carbonyl (C=O) groups is 2. The summed E-state index contributed by atoms with van der Waals surface area (Å²) in [4.78, 5) is 29.3. The number of thioether (sulfide) groups is 1. The molecule has 1 heterocycles. The fourth-order valence-electron chi connectivity index (χ4n) is 2.88. The maximum atomic E-state index is 12.5. The van der Waals surface area contributed by atoms with Crippen molar-refractivity contribution in [1.29, 1.82) is 0 Å². The fourth-order valence-corrected chi connectivity index (χ4v) is 3.68. The first-order chi connectivity index (χ1) is 12.5. The van der Waals surface area contributed by atoms with Crippen LogP contribution in [0.15, 0.2) is 48.5 Å². The van der Waals surface area contributed by atoms with Gasteiger partial charge < -0.3 is 4.57 Å². The molecule has 0 bridgehead atoms. The molecule has 1 atom stereocenters. The van der Waals surface area contributed by atoms with E-state index in [0.717, 1.165) is 34.2 Å². The first-order valence-electron chi connectivity index (χ1n) is 8.64. The Bertz CT molecular complexity index is 944. The van der Waals surface area contributed by atoms with Crippen LogP contribution >= 0.6 is 11.8 Å². The van der Waals surface area contributed by atoms with Crippen LogP contribution in [0.25, 0.3) is 11.0 Å². The van der Waals surface area contributed by atoms with E-state index >= 15 is 0 Å². The number of carbonyl (C=O) groups excluding carboxylic acids is 2. The topological polar surface area (TPSA) is 52.0 Å². The van der Waals surface area contributed by atoms with Crippen molar-refractivity contribution in [2.75, 3.05) is 5.75 Å². The Hall–Kier alpha value is -2.40. The molecule has 0 saturated carbocycles. The molecule has 26 heavy (non-hydrogen) atoms. The van der Waals surface area contributed by atoms with E-state index in [1.54, 1.807) is 0 Å². The minimum absolute atomic E-state index is 0.0141. The number of benzene rings is 2. The summed E-state index contributed by atoms with van der Waals surface area (Å²) in [5, 5.41) is 0.0302. The highest BCUT2D eigenvalue weighted by Crippen LogP contribution is 2.20. The molecule has 3 aromatic rings. The largest absolute Gasteiger partial charge is 0.327 e. The van der Waals surface area contributed by atoms with Gasteiger partial charge in [-0.05, 0) is 26.0 Å². The third-order valence-corrected chi connectivity index (χ3v) is 5.52. The van der Waals surface area contributed by atoms with E-state index in [0.29, 0.717) is 12.1 Å². The third kappa shape index (κ3) is 4.05. The van der Waals surface area contributed by atoms with Crippen LogP contribution < -0.4 is 0 Å². The first-order valence-corrected chi connectivity index (χ1v) is 9.62. The van der Waals surface area contributed by atoms with E-state index in [-0.39, 0.29) is 22.6 Å². The number of Topliss-reactive ketones (excluding diaryl/α,β-unsaturated/α-hetero) is 1. The van der Waals surface area contributed by atoms with Crippen LogP contribution in [0.2, 0.25) is 0 Å². The summed E-state index contributed by atoms with van der Waals surface area (Å²) >= 11 is 1.10. The highest BCUT2D eigenvalue weighted by molar-refractivity contribution is 8.14. The Morgan fingerprint density at radius 1 is 1.08 bits per heavy atom. The molecule has 134 valence electrons. The second kappa shape index (κ2) is 7.87. The van der Waals surface area contributed by atoms with Crippen molar-refractivity contribution in [3.05, 3.63) is 65.5 Å². The molecule has 1 unspecified atom stereocenters. The van der Waals surface area contributed by atoms with Crippen LogP contribution in [-0.2, 0) is 11.3 Å². The predicted molar refractivity (Wildman–Crippen MR) is 107 cm³/mol. The summed E-state index contributed by atoms with van der Waals surface area (Å²) in [5.41, 5.74) is 3.74. The zero-order chi connectivity index (χ0) is 18.7. The number of fused-ring (bicyclic) bond motifs is 1. The Labute approximate surface area is 157 Å². The Kier molecular flexibility index (Phi) is 5.57. The summed E-state index contributed by atoms with van der Waals surface area (Å²) in [7, 11) is 0. The summed E-state index contributed by atoms with van der Waals surface area (Å²) in [6.45, 7) is 6.40. The molecule has 0 amide bonds. The van der Waals surface area contributed by atoms with Crippen molar-refractivity contribution in [2.45, 2.75) is 27.3 Å². The second-order valence-corrected chi connectivity index (χ2v) is 7.54. The summed E-state index contributed by atoms with van der Waals surface area (Å²) in [5.74, 6) is 0.865. The van der Waals surface area contributed by atoms with Crippen molar-refractivity contribution in [3.8, 4) is 0 Å². The molecule has 0 aliphatic rings. The van der Waals surface area contributed by atoms with Crippen LogP contribution in [0.3, 0.4) is 0 Å². The van der Waals surface area contributed by atoms with E-state index in [9.17, 15) is 9.59 Å². The molecule has 0 aliphatic carbocycles. The average molecular weight is 366 g/mol. The molecule has 0 aliphatic heterocycles. The molecule has 3 rings (SSSR count). The Morgan fingerprint density at radius 2 is 1.77 bits per heavy atom. The van der Waals surface area contributed by atoms with Crippen LogP contribution in [0, 0.1) is 19.8 Å². The minimum Gasteiger partial charge on any atom is -0.327 e. The van der Waals surface area contributed by atoms with Crippen molar-refractivity contribution < 1.29 is 9.59 Å². The van der Waals surface area contributed by atoms with E-state index < -0.39 is 0 Å². The summed E-state index contributed by atoms with van der Waals surface area (Å²) < 4.78 is 2.07. The van der Waals surface area contributed by atoms with Crippen molar-refractivity contribution in [2.24, 2.45) is 5.92 Å². The lowest BCUT2D eigenvalue weighted by Gasteiger charge is -2.13. The molecule has 0 saturated heterocycles. The van der Waals surface area contributed by atoms with Crippen molar-refractivity contribution in [1.82, 2.24) is 9.55 Å². The SMILES string of the molecule is Cc1ccc(C(=O)CSC(=O)C(C)Cn2c(C)nc3ccccc32)cc1. The van der Waals surface area contributed by atoms with E-state index in [1.165, 1.54) is 0 Å². The van der Waals surface area contributed by atoms with E-state index in [2.05, 4.69) is 9.55 Å². The highest BCUT2D eigenvalue weighted by atomic mass is 32.2. The molecule has 0 fully saturated rings. The van der Waals surface area contributed by atoms with Gasteiger partial charge in [-0.15, -0.1) is 0 Å². The van der Waals surface area contributed by atoms with Gasteiger partial charge in [0.25, 0.3) is 0 Å². The van der Waals surface area contributed by atoms with Gasteiger partial charge >= 0.3 is 0 Å². The second-order valence-electron chi connectivity index (χ2n) is 6.56. The molecule has 4 nitrogen and oxygen atoms in total. The van der Waals surface area contributed by atoms with Gasteiger partial charge in [-0.25, -0.2) is 4.98 Å². The van der Waals surface area contributed by atoms with Crippen LogP contribution in [0.1, 0.15) is 28.7 Å². The van der Waals surface area contributed by atoms with Crippen molar-refractivity contribution in [3.63, 3.8) is 0 Å². The molecule has 2 aromatic carbocycles. The van der Waals surface area contributed by atoms with Gasteiger partial charge in [0, 0.05) is 18.0 Å². The molecule has 5 heteroatoms. The normalized spacial score (nSPS) is 12.3. The molecular formula is C21H22N2O2S. The average Bonchev–Trinajstić information content (AvgIpc) is 2.95. The van der Waals surface area contributed by atoms with Gasteiger partial charge in [0.15, 0.2) is 10.9 Å².